The largest absolute Gasteiger partial charge is 0.330 e. The summed E-state index contributed by atoms with van der Waals surface area (Å²) in [4.78, 5) is 26.2. The van der Waals surface area contributed by atoms with Crippen LogP contribution >= 0.6 is 0 Å². The average Bonchev–Trinajstić information content (AvgIpc) is 3.07. The van der Waals surface area contributed by atoms with Crippen molar-refractivity contribution in [3.8, 4) is 0 Å². The lowest BCUT2D eigenvalue weighted by atomic mass is 9.91. The quantitative estimate of drug-likeness (QED) is 0.826. The van der Waals surface area contributed by atoms with Crippen molar-refractivity contribution in [1.82, 2.24) is 23.8 Å². The predicted molar refractivity (Wildman–Crippen MR) is 92.1 cm³/mol. The molecule has 0 amide bonds. The molecule has 0 aromatic carbocycles. The van der Waals surface area contributed by atoms with Gasteiger partial charge >= 0.3 is 5.69 Å². The van der Waals surface area contributed by atoms with Crippen molar-refractivity contribution in [3.05, 3.63) is 50.6 Å². The standard InChI is InChI=1S/C17H25N5O2/c1-4-22-11-14(10-18-22)13-5-7-21(8-6-13)12-15-9-16(23)20(3)17(24)19(15)2/h9-11,13H,4-8,12H2,1-3H3. The molecule has 7 heteroatoms. The summed E-state index contributed by atoms with van der Waals surface area (Å²) in [6.45, 7) is 5.56. The first kappa shape index (κ1) is 16.7. The second-order valence-electron chi connectivity index (χ2n) is 6.55. The third kappa shape index (κ3) is 3.21. The van der Waals surface area contributed by atoms with E-state index in [1.54, 1.807) is 17.7 Å². The van der Waals surface area contributed by atoms with Crippen LogP contribution in [-0.2, 0) is 27.2 Å². The Bertz CT molecular complexity index is 824. The normalized spacial score (nSPS) is 16.6. The van der Waals surface area contributed by atoms with Crippen molar-refractivity contribution < 1.29 is 0 Å². The predicted octanol–water partition coefficient (Wildman–Crippen LogP) is 0.680. The van der Waals surface area contributed by atoms with Gasteiger partial charge in [-0.3, -0.25) is 23.5 Å². The van der Waals surface area contributed by atoms with Crippen LogP contribution in [0, 0.1) is 0 Å². The number of rotatable bonds is 4. The van der Waals surface area contributed by atoms with Gasteiger partial charge in [-0.2, -0.15) is 5.10 Å². The van der Waals surface area contributed by atoms with Crippen LogP contribution in [0.25, 0.3) is 0 Å². The molecule has 1 fully saturated rings. The molecule has 1 aliphatic rings. The van der Waals surface area contributed by atoms with Gasteiger partial charge in [0.1, 0.15) is 0 Å². The number of aryl methyl sites for hydroxylation is 1. The van der Waals surface area contributed by atoms with Crippen LogP contribution in [0.1, 0.15) is 36.9 Å². The smallest absolute Gasteiger partial charge is 0.299 e. The van der Waals surface area contributed by atoms with Crippen molar-refractivity contribution in [2.24, 2.45) is 14.1 Å². The molecule has 0 unspecified atom stereocenters. The summed E-state index contributed by atoms with van der Waals surface area (Å²) >= 11 is 0. The molecular weight excluding hydrogens is 306 g/mol. The lowest BCUT2D eigenvalue weighted by molar-refractivity contribution is 0.199. The fraction of sp³-hybridized carbons (Fsp3) is 0.588. The number of likely N-dealkylation sites (tertiary alicyclic amines) is 1. The number of hydrogen-bond donors (Lipinski definition) is 0. The number of piperidine rings is 1. The highest BCUT2D eigenvalue weighted by Gasteiger charge is 2.22. The van der Waals surface area contributed by atoms with Crippen LogP contribution in [0.2, 0.25) is 0 Å². The van der Waals surface area contributed by atoms with E-state index >= 15 is 0 Å². The molecule has 0 aliphatic carbocycles. The first-order chi connectivity index (χ1) is 11.5. The minimum Gasteiger partial charge on any atom is -0.299 e. The highest BCUT2D eigenvalue weighted by molar-refractivity contribution is 5.12. The van der Waals surface area contributed by atoms with E-state index in [-0.39, 0.29) is 11.2 Å². The zero-order valence-electron chi connectivity index (χ0n) is 14.6. The second kappa shape index (κ2) is 6.76. The molecule has 1 saturated heterocycles. The van der Waals surface area contributed by atoms with Crippen LogP contribution in [0.3, 0.4) is 0 Å². The molecule has 0 saturated carbocycles. The van der Waals surface area contributed by atoms with E-state index in [1.165, 1.54) is 12.6 Å². The van der Waals surface area contributed by atoms with Gasteiger partial charge in [-0.15, -0.1) is 0 Å². The summed E-state index contributed by atoms with van der Waals surface area (Å²) in [5, 5.41) is 4.36. The van der Waals surface area contributed by atoms with Crippen LogP contribution in [0.15, 0.2) is 28.0 Å². The molecule has 0 atom stereocenters. The summed E-state index contributed by atoms with van der Waals surface area (Å²) in [7, 11) is 3.24. The third-order valence-electron chi connectivity index (χ3n) is 5.05. The summed E-state index contributed by atoms with van der Waals surface area (Å²) in [6.07, 6.45) is 6.28. The molecular formula is C17H25N5O2. The van der Waals surface area contributed by atoms with Crippen LogP contribution in [0.4, 0.5) is 0 Å². The molecule has 7 nitrogen and oxygen atoms in total. The molecule has 0 radical (unpaired) electrons. The van der Waals surface area contributed by atoms with Gasteiger partial charge in [0.2, 0.25) is 0 Å². The van der Waals surface area contributed by atoms with Gasteiger partial charge in [-0.1, -0.05) is 0 Å². The molecule has 0 spiro atoms. The van der Waals surface area contributed by atoms with E-state index < -0.39 is 0 Å². The van der Waals surface area contributed by atoms with E-state index in [9.17, 15) is 9.59 Å². The van der Waals surface area contributed by atoms with Gasteiger partial charge in [-0.05, 0) is 44.3 Å². The van der Waals surface area contributed by atoms with Gasteiger partial charge in [0, 0.05) is 45.1 Å². The van der Waals surface area contributed by atoms with Gasteiger partial charge < -0.3 is 0 Å². The van der Waals surface area contributed by atoms with Gasteiger partial charge in [-0.25, -0.2) is 4.79 Å². The lowest BCUT2D eigenvalue weighted by Crippen LogP contribution is -2.40. The zero-order chi connectivity index (χ0) is 17.3. The minimum atomic E-state index is -0.264. The second-order valence-corrected chi connectivity index (χ2v) is 6.55. The van der Waals surface area contributed by atoms with Crippen molar-refractivity contribution >= 4 is 0 Å². The maximum atomic E-state index is 12.0. The zero-order valence-corrected chi connectivity index (χ0v) is 14.6. The van der Waals surface area contributed by atoms with E-state index in [2.05, 4.69) is 23.1 Å². The SMILES string of the molecule is CCn1cc(C2CCN(Cc3cc(=O)n(C)c(=O)n3C)CC2)cn1. The molecule has 0 bridgehead atoms. The van der Waals surface area contributed by atoms with Crippen LogP contribution in [0.5, 0.6) is 0 Å². The monoisotopic (exact) mass is 331 g/mol. The van der Waals surface area contributed by atoms with Crippen molar-refractivity contribution in [2.45, 2.75) is 38.8 Å². The molecule has 1 aliphatic heterocycles. The molecule has 130 valence electrons. The highest BCUT2D eigenvalue weighted by atomic mass is 16.2. The summed E-state index contributed by atoms with van der Waals surface area (Å²) < 4.78 is 4.68. The topological polar surface area (TPSA) is 65.1 Å². The lowest BCUT2D eigenvalue weighted by Gasteiger charge is -2.31. The molecule has 2 aromatic rings. The Kier molecular flexibility index (Phi) is 4.71. The Balaban J connectivity index is 1.66. The molecule has 2 aromatic heterocycles. The van der Waals surface area contributed by atoms with Crippen LogP contribution < -0.4 is 11.2 Å². The van der Waals surface area contributed by atoms with Crippen molar-refractivity contribution in [1.29, 1.82) is 0 Å². The number of nitrogens with zero attached hydrogens (tertiary/aromatic N) is 5. The Morgan fingerprint density at radius 2 is 1.88 bits per heavy atom. The van der Waals surface area contributed by atoms with E-state index in [0.717, 1.165) is 42.7 Å². The summed E-state index contributed by atoms with van der Waals surface area (Å²) in [5.74, 6) is 0.550. The van der Waals surface area contributed by atoms with Crippen molar-refractivity contribution in [3.63, 3.8) is 0 Å². The fourth-order valence-electron chi connectivity index (χ4n) is 3.35. The molecule has 3 rings (SSSR count). The van der Waals surface area contributed by atoms with E-state index in [0.29, 0.717) is 12.5 Å². The number of hydrogen-bond acceptors (Lipinski definition) is 4. The average molecular weight is 331 g/mol. The third-order valence-corrected chi connectivity index (χ3v) is 5.05. The Morgan fingerprint density at radius 3 is 2.50 bits per heavy atom. The van der Waals surface area contributed by atoms with Gasteiger partial charge in [0.15, 0.2) is 0 Å². The summed E-state index contributed by atoms with van der Waals surface area (Å²) in [5.41, 5.74) is 1.59. The maximum Gasteiger partial charge on any atom is 0.330 e. The highest BCUT2D eigenvalue weighted by Crippen LogP contribution is 2.28. The van der Waals surface area contributed by atoms with Gasteiger partial charge in [0.25, 0.3) is 5.56 Å². The van der Waals surface area contributed by atoms with Crippen molar-refractivity contribution in [2.75, 3.05) is 13.1 Å². The Labute approximate surface area is 141 Å². The number of aromatic nitrogens is 4. The fourth-order valence-corrected chi connectivity index (χ4v) is 3.35. The first-order valence-corrected chi connectivity index (χ1v) is 8.50. The van der Waals surface area contributed by atoms with E-state index in [4.69, 9.17) is 0 Å². The molecule has 24 heavy (non-hydrogen) atoms. The van der Waals surface area contributed by atoms with Crippen LogP contribution in [-0.4, -0.2) is 36.9 Å². The first-order valence-electron chi connectivity index (χ1n) is 8.50. The minimum absolute atomic E-state index is 0.241. The Morgan fingerprint density at radius 1 is 1.17 bits per heavy atom. The molecule has 0 N–H and O–H groups in total. The van der Waals surface area contributed by atoms with Gasteiger partial charge in [0.05, 0.1) is 6.20 Å². The molecule has 3 heterocycles. The summed E-state index contributed by atoms with van der Waals surface area (Å²) in [6, 6.07) is 1.57. The maximum absolute atomic E-state index is 12.0. The van der Waals surface area contributed by atoms with E-state index in [1.807, 2.05) is 10.9 Å². The Hall–Kier alpha value is -2.15.